The van der Waals surface area contributed by atoms with Gasteiger partial charge in [0.05, 0.1) is 6.21 Å². The van der Waals surface area contributed by atoms with Crippen LogP contribution in [0.15, 0.2) is 53.6 Å². The maximum Gasteiger partial charge on any atom is 0.329 e. The Labute approximate surface area is 163 Å². The number of nitrogens with one attached hydrogen (secondary N) is 1. The van der Waals surface area contributed by atoms with Gasteiger partial charge in [0.2, 0.25) is 0 Å². The van der Waals surface area contributed by atoms with Crippen molar-refractivity contribution < 1.29 is 14.3 Å². The predicted octanol–water partition coefficient (Wildman–Crippen LogP) is 3.24. The molecule has 0 aromatic heterocycles. The summed E-state index contributed by atoms with van der Waals surface area (Å²) in [6.07, 6.45) is 1.47. The molecule has 142 valence electrons. The fraction of sp³-hybridized carbons (Fsp3) is 0.250. The van der Waals surface area contributed by atoms with Crippen LogP contribution < -0.4 is 10.2 Å². The third-order valence-corrected chi connectivity index (χ3v) is 4.08. The number of halogens is 1. The number of amides is 2. The van der Waals surface area contributed by atoms with E-state index in [2.05, 4.69) is 10.5 Å². The average Bonchev–Trinajstić information content (AvgIpc) is 2.69. The van der Waals surface area contributed by atoms with Crippen molar-refractivity contribution in [2.24, 2.45) is 5.10 Å². The highest BCUT2D eigenvalue weighted by molar-refractivity contribution is 6.35. The van der Waals surface area contributed by atoms with Crippen LogP contribution >= 0.6 is 11.6 Å². The van der Waals surface area contributed by atoms with E-state index in [4.69, 9.17) is 16.3 Å². The van der Waals surface area contributed by atoms with Crippen LogP contribution in [0.1, 0.15) is 25.0 Å². The minimum atomic E-state index is -0.752. The van der Waals surface area contributed by atoms with Gasteiger partial charge in [-0.1, -0.05) is 23.7 Å². The molecule has 2 aromatic rings. The van der Waals surface area contributed by atoms with Gasteiger partial charge in [-0.2, -0.15) is 5.10 Å². The molecule has 7 heteroatoms. The molecular formula is C20H22ClN3O3. The summed E-state index contributed by atoms with van der Waals surface area (Å²) >= 11 is 5.85. The number of likely N-dealkylation sites (N-methyl/N-ethyl adjacent to an activating group) is 1. The van der Waals surface area contributed by atoms with Gasteiger partial charge in [0.15, 0.2) is 0 Å². The van der Waals surface area contributed by atoms with E-state index in [1.807, 2.05) is 38.1 Å². The smallest absolute Gasteiger partial charge is 0.329 e. The third-order valence-electron chi connectivity index (χ3n) is 3.82. The van der Waals surface area contributed by atoms with Crippen molar-refractivity contribution in [1.82, 2.24) is 10.3 Å². The molecule has 2 amide bonds. The van der Waals surface area contributed by atoms with E-state index in [9.17, 15) is 9.59 Å². The molecule has 0 fully saturated rings. The first kappa shape index (κ1) is 20.5. The van der Waals surface area contributed by atoms with Gasteiger partial charge in [-0.25, -0.2) is 5.43 Å². The van der Waals surface area contributed by atoms with Crippen LogP contribution in [0, 0.1) is 0 Å². The second kappa shape index (κ2) is 10.3. The highest BCUT2D eigenvalue weighted by Crippen LogP contribution is 2.15. The summed E-state index contributed by atoms with van der Waals surface area (Å²) in [5.74, 6) is -0.635. The van der Waals surface area contributed by atoms with E-state index in [0.717, 1.165) is 11.1 Å². The minimum Gasteiger partial charge on any atom is -0.489 e. The lowest BCUT2D eigenvalue weighted by Crippen LogP contribution is -2.41. The molecule has 0 unspecified atom stereocenters. The quantitative estimate of drug-likeness (QED) is 0.450. The molecule has 0 aliphatic heterocycles. The lowest BCUT2D eigenvalue weighted by Gasteiger charge is -2.16. The molecule has 2 aromatic carbocycles. The molecule has 0 saturated heterocycles. The third kappa shape index (κ3) is 6.42. The molecular weight excluding hydrogens is 366 g/mol. The number of nitrogens with zero attached hydrogens (tertiary/aromatic N) is 2. The van der Waals surface area contributed by atoms with Gasteiger partial charge < -0.3 is 9.64 Å². The molecule has 0 atom stereocenters. The number of rotatable bonds is 7. The predicted molar refractivity (Wildman–Crippen MR) is 106 cm³/mol. The van der Waals surface area contributed by atoms with Crippen LogP contribution in [-0.4, -0.2) is 36.0 Å². The average molecular weight is 388 g/mol. The number of carbonyl (C=O) groups is 2. The minimum absolute atomic E-state index is 0.439. The molecule has 0 bridgehead atoms. The SMILES string of the molecule is CCN(CC)C(=O)C(=O)NN=Cc1ccc(OCc2ccc(Cl)cc2)cc1. The summed E-state index contributed by atoms with van der Waals surface area (Å²) in [6, 6.07) is 14.7. The van der Waals surface area contributed by atoms with Crippen molar-refractivity contribution >= 4 is 29.6 Å². The van der Waals surface area contributed by atoms with Crippen LogP contribution in [0.5, 0.6) is 5.75 Å². The monoisotopic (exact) mass is 387 g/mol. The standard InChI is InChI=1S/C20H22ClN3O3/c1-3-24(4-2)20(26)19(25)23-22-13-15-7-11-18(12-8-15)27-14-16-5-9-17(21)10-6-16/h5-13H,3-4,14H2,1-2H3,(H,23,25). The normalized spacial score (nSPS) is 10.6. The van der Waals surface area contributed by atoms with E-state index < -0.39 is 11.8 Å². The molecule has 0 aliphatic carbocycles. The molecule has 0 heterocycles. The summed E-state index contributed by atoms with van der Waals surface area (Å²) < 4.78 is 5.70. The second-order valence-corrected chi connectivity index (χ2v) is 6.10. The molecule has 2 rings (SSSR count). The number of ether oxygens (including phenoxy) is 1. The Morgan fingerprint density at radius 2 is 1.70 bits per heavy atom. The summed E-state index contributed by atoms with van der Waals surface area (Å²) in [6.45, 7) is 5.02. The number of carbonyl (C=O) groups excluding carboxylic acids is 2. The lowest BCUT2D eigenvalue weighted by atomic mass is 10.2. The Balaban J connectivity index is 1.84. The summed E-state index contributed by atoms with van der Waals surface area (Å²) in [5.41, 5.74) is 4.03. The van der Waals surface area contributed by atoms with E-state index in [0.29, 0.717) is 30.5 Å². The molecule has 6 nitrogen and oxygen atoms in total. The van der Waals surface area contributed by atoms with Crippen molar-refractivity contribution in [1.29, 1.82) is 0 Å². The first-order chi connectivity index (χ1) is 13.0. The molecule has 0 radical (unpaired) electrons. The number of hydrogen-bond acceptors (Lipinski definition) is 4. The van der Waals surface area contributed by atoms with Gasteiger partial charge in [0.1, 0.15) is 12.4 Å². The van der Waals surface area contributed by atoms with Gasteiger partial charge in [-0.3, -0.25) is 9.59 Å². The van der Waals surface area contributed by atoms with Crippen molar-refractivity contribution in [2.45, 2.75) is 20.5 Å². The maximum atomic E-state index is 11.8. The summed E-state index contributed by atoms with van der Waals surface area (Å²) in [4.78, 5) is 25.0. The summed E-state index contributed by atoms with van der Waals surface area (Å²) in [7, 11) is 0. The molecule has 0 aliphatic rings. The van der Waals surface area contributed by atoms with Crippen LogP contribution in [0.4, 0.5) is 0 Å². The van der Waals surface area contributed by atoms with Crippen molar-refractivity contribution in [2.75, 3.05) is 13.1 Å². The van der Waals surface area contributed by atoms with Gasteiger partial charge in [0.25, 0.3) is 0 Å². The summed E-state index contributed by atoms with van der Waals surface area (Å²) in [5, 5.41) is 4.51. The Bertz CT molecular complexity index is 785. The van der Waals surface area contributed by atoms with E-state index >= 15 is 0 Å². The van der Waals surface area contributed by atoms with Crippen molar-refractivity contribution in [3.63, 3.8) is 0 Å². The zero-order chi connectivity index (χ0) is 19.6. The number of hydrazone groups is 1. The van der Waals surface area contributed by atoms with Gasteiger partial charge in [0, 0.05) is 18.1 Å². The van der Waals surface area contributed by atoms with Crippen molar-refractivity contribution in [3.05, 3.63) is 64.7 Å². The maximum absolute atomic E-state index is 11.8. The van der Waals surface area contributed by atoms with E-state index in [-0.39, 0.29) is 0 Å². The Kier molecular flexibility index (Phi) is 7.82. The number of benzene rings is 2. The van der Waals surface area contributed by atoms with E-state index in [1.165, 1.54) is 11.1 Å². The topological polar surface area (TPSA) is 71.0 Å². The largest absolute Gasteiger partial charge is 0.489 e. The van der Waals surface area contributed by atoms with Gasteiger partial charge in [-0.05, 0) is 61.4 Å². The van der Waals surface area contributed by atoms with Gasteiger partial charge >= 0.3 is 11.8 Å². The fourth-order valence-electron chi connectivity index (χ4n) is 2.27. The highest BCUT2D eigenvalue weighted by Gasteiger charge is 2.18. The molecule has 27 heavy (non-hydrogen) atoms. The first-order valence-electron chi connectivity index (χ1n) is 8.63. The second-order valence-electron chi connectivity index (χ2n) is 5.66. The van der Waals surface area contributed by atoms with Crippen LogP contribution in [0.2, 0.25) is 5.02 Å². The van der Waals surface area contributed by atoms with Crippen LogP contribution in [-0.2, 0) is 16.2 Å². The highest BCUT2D eigenvalue weighted by atomic mass is 35.5. The zero-order valence-corrected chi connectivity index (χ0v) is 16.1. The fourth-order valence-corrected chi connectivity index (χ4v) is 2.39. The van der Waals surface area contributed by atoms with Crippen LogP contribution in [0.3, 0.4) is 0 Å². The van der Waals surface area contributed by atoms with Crippen molar-refractivity contribution in [3.8, 4) is 5.75 Å². The molecule has 1 N–H and O–H groups in total. The van der Waals surface area contributed by atoms with E-state index in [1.54, 1.807) is 24.3 Å². The Morgan fingerprint density at radius 1 is 1.07 bits per heavy atom. The Hall–Kier alpha value is -2.86. The lowest BCUT2D eigenvalue weighted by molar-refractivity contribution is -0.145. The molecule has 0 spiro atoms. The van der Waals surface area contributed by atoms with Gasteiger partial charge in [-0.15, -0.1) is 0 Å². The number of hydrogen-bond donors (Lipinski definition) is 1. The zero-order valence-electron chi connectivity index (χ0n) is 15.3. The molecule has 0 saturated carbocycles. The first-order valence-corrected chi connectivity index (χ1v) is 9.01. The Morgan fingerprint density at radius 3 is 2.30 bits per heavy atom. The van der Waals surface area contributed by atoms with Crippen LogP contribution in [0.25, 0.3) is 0 Å².